The summed E-state index contributed by atoms with van der Waals surface area (Å²) in [5.74, 6) is -2.02. The molecule has 0 heterocycles. The van der Waals surface area contributed by atoms with Gasteiger partial charge < -0.3 is 14.6 Å². The van der Waals surface area contributed by atoms with E-state index in [0.717, 1.165) is 6.08 Å². The molecule has 0 saturated heterocycles. The van der Waals surface area contributed by atoms with Gasteiger partial charge in [-0.1, -0.05) is 13.5 Å². The van der Waals surface area contributed by atoms with Gasteiger partial charge in [0.1, 0.15) is 6.10 Å². The highest BCUT2D eigenvalue weighted by molar-refractivity contribution is 5.81. The molecule has 0 aliphatic heterocycles. The summed E-state index contributed by atoms with van der Waals surface area (Å²) in [5.41, 5.74) is 0. The topological polar surface area (TPSA) is 89.9 Å². The fraction of sp³-hybridized carbons (Fsp3) is 0.615. The molecule has 0 bridgehead atoms. The maximum Gasteiger partial charge on any atom is 0.330 e. The van der Waals surface area contributed by atoms with Crippen LogP contribution in [0.15, 0.2) is 12.7 Å². The van der Waals surface area contributed by atoms with Crippen LogP contribution in [0.2, 0.25) is 0 Å². The molecular formula is C13H20O6. The molecule has 0 spiro atoms. The molecule has 0 saturated carbocycles. The molecule has 0 amide bonds. The Morgan fingerprint density at radius 2 is 2.00 bits per heavy atom. The Morgan fingerprint density at radius 3 is 2.53 bits per heavy atom. The molecule has 0 rings (SSSR count). The molecule has 19 heavy (non-hydrogen) atoms. The van der Waals surface area contributed by atoms with E-state index < -0.39 is 17.9 Å². The molecule has 1 unspecified atom stereocenters. The molecule has 0 aliphatic carbocycles. The van der Waals surface area contributed by atoms with Crippen LogP contribution in [0.4, 0.5) is 0 Å². The lowest BCUT2D eigenvalue weighted by Crippen LogP contribution is -2.19. The Kier molecular flexibility index (Phi) is 9.12. The van der Waals surface area contributed by atoms with E-state index in [1.807, 2.05) is 6.92 Å². The van der Waals surface area contributed by atoms with Crippen molar-refractivity contribution >= 4 is 17.9 Å². The second kappa shape index (κ2) is 10.1. The van der Waals surface area contributed by atoms with Gasteiger partial charge in [0.25, 0.3) is 0 Å². The SMILES string of the molecule is C=CC(=O)OCCCC(CC)OC(=O)CCC(=O)O. The lowest BCUT2D eigenvalue weighted by atomic mass is 10.1. The molecule has 0 aromatic heterocycles. The fourth-order valence-corrected chi connectivity index (χ4v) is 1.34. The quantitative estimate of drug-likeness (QED) is 0.369. The maximum atomic E-state index is 11.3. The Morgan fingerprint density at radius 1 is 1.32 bits per heavy atom. The zero-order chi connectivity index (χ0) is 14.7. The molecule has 108 valence electrons. The van der Waals surface area contributed by atoms with E-state index in [4.69, 9.17) is 14.6 Å². The lowest BCUT2D eigenvalue weighted by Gasteiger charge is -2.15. The summed E-state index contributed by atoms with van der Waals surface area (Å²) in [7, 11) is 0. The number of carbonyl (C=O) groups excluding carboxylic acids is 2. The largest absolute Gasteiger partial charge is 0.481 e. The van der Waals surface area contributed by atoms with Gasteiger partial charge in [-0.25, -0.2) is 4.79 Å². The average molecular weight is 272 g/mol. The van der Waals surface area contributed by atoms with Crippen LogP contribution in [-0.4, -0.2) is 35.7 Å². The van der Waals surface area contributed by atoms with Crippen LogP contribution in [0.5, 0.6) is 0 Å². The summed E-state index contributed by atoms with van der Waals surface area (Å²) in [5, 5.41) is 8.44. The Labute approximate surface area is 112 Å². The summed E-state index contributed by atoms with van der Waals surface area (Å²) in [4.78, 5) is 32.4. The van der Waals surface area contributed by atoms with E-state index >= 15 is 0 Å². The van der Waals surface area contributed by atoms with Crippen molar-refractivity contribution in [2.24, 2.45) is 0 Å². The molecule has 6 heteroatoms. The Bertz CT molecular complexity index is 323. The third kappa shape index (κ3) is 9.82. The van der Waals surface area contributed by atoms with E-state index in [0.29, 0.717) is 19.3 Å². The van der Waals surface area contributed by atoms with Crippen LogP contribution >= 0.6 is 0 Å². The van der Waals surface area contributed by atoms with Gasteiger partial charge in [-0.15, -0.1) is 0 Å². The number of hydrogen-bond donors (Lipinski definition) is 1. The highest BCUT2D eigenvalue weighted by atomic mass is 16.5. The van der Waals surface area contributed by atoms with Gasteiger partial charge in [0.15, 0.2) is 0 Å². The van der Waals surface area contributed by atoms with E-state index in [1.54, 1.807) is 0 Å². The van der Waals surface area contributed by atoms with E-state index in [2.05, 4.69) is 6.58 Å². The van der Waals surface area contributed by atoms with Gasteiger partial charge in [0.05, 0.1) is 19.4 Å². The third-order valence-electron chi connectivity index (χ3n) is 2.38. The summed E-state index contributed by atoms with van der Waals surface area (Å²) in [6.45, 7) is 5.38. The average Bonchev–Trinajstić information content (AvgIpc) is 2.39. The van der Waals surface area contributed by atoms with Crippen molar-refractivity contribution in [3.05, 3.63) is 12.7 Å². The first-order valence-electron chi connectivity index (χ1n) is 6.20. The van der Waals surface area contributed by atoms with Gasteiger partial charge in [-0.05, 0) is 19.3 Å². The maximum absolute atomic E-state index is 11.3. The van der Waals surface area contributed by atoms with Crippen LogP contribution < -0.4 is 0 Å². The molecule has 0 radical (unpaired) electrons. The zero-order valence-electron chi connectivity index (χ0n) is 11.1. The number of carboxylic acid groups (broad SMARTS) is 1. The van der Waals surface area contributed by atoms with E-state index in [1.165, 1.54) is 0 Å². The summed E-state index contributed by atoms with van der Waals surface area (Å²) < 4.78 is 9.92. The number of carboxylic acids is 1. The number of aliphatic carboxylic acids is 1. The van der Waals surface area contributed by atoms with Crippen molar-refractivity contribution in [2.45, 2.75) is 45.1 Å². The predicted octanol–water partition coefficient (Wildman–Crippen LogP) is 1.68. The number of rotatable bonds is 10. The van der Waals surface area contributed by atoms with Crippen molar-refractivity contribution in [2.75, 3.05) is 6.61 Å². The van der Waals surface area contributed by atoms with E-state index in [9.17, 15) is 14.4 Å². The van der Waals surface area contributed by atoms with Crippen LogP contribution in [0.3, 0.4) is 0 Å². The highest BCUT2D eigenvalue weighted by Crippen LogP contribution is 2.09. The minimum absolute atomic E-state index is 0.128. The number of hydrogen-bond acceptors (Lipinski definition) is 5. The van der Waals surface area contributed by atoms with Crippen molar-refractivity contribution in [3.8, 4) is 0 Å². The summed E-state index contributed by atoms with van der Waals surface area (Å²) in [6.07, 6.45) is 2.23. The number of carbonyl (C=O) groups is 3. The molecule has 0 fully saturated rings. The van der Waals surface area contributed by atoms with Gasteiger partial charge in [0, 0.05) is 6.08 Å². The molecular weight excluding hydrogens is 252 g/mol. The van der Waals surface area contributed by atoms with E-state index in [-0.39, 0.29) is 25.6 Å². The normalized spacial score (nSPS) is 11.4. The van der Waals surface area contributed by atoms with Gasteiger partial charge in [-0.3, -0.25) is 9.59 Å². The first-order valence-corrected chi connectivity index (χ1v) is 6.20. The molecule has 0 aromatic carbocycles. The van der Waals surface area contributed by atoms with Crippen LogP contribution in [0.1, 0.15) is 39.0 Å². The Hall–Kier alpha value is -1.85. The number of esters is 2. The molecule has 0 aliphatic rings. The zero-order valence-corrected chi connectivity index (χ0v) is 11.1. The second-order valence-corrected chi connectivity index (χ2v) is 3.93. The minimum atomic E-state index is -1.03. The van der Waals surface area contributed by atoms with Gasteiger partial charge in [0.2, 0.25) is 0 Å². The van der Waals surface area contributed by atoms with Crippen molar-refractivity contribution in [1.82, 2.24) is 0 Å². The van der Waals surface area contributed by atoms with Gasteiger partial charge >= 0.3 is 17.9 Å². The molecule has 6 nitrogen and oxygen atoms in total. The molecule has 1 atom stereocenters. The lowest BCUT2D eigenvalue weighted by molar-refractivity contribution is -0.152. The van der Waals surface area contributed by atoms with Crippen molar-refractivity contribution in [3.63, 3.8) is 0 Å². The minimum Gasteiger partial charge on any atom is -0.481 e. The van der Waals surface area contributed by atoms with Gasteiger partial charge in [-0.2, -0.15) is 0 Å². The summed E-state index contributed by atoms with van der Waals surface area (Å²) in [6, 6.07) is 0. The van der Waals surface area contributed by atoms with Crippen LogP contribution in [0, 0.1) is 0 Å². The van der Waals surface area contributed by atoms with Crippen LogP contribution in [0.25, 0.3) is 0 Å². The smallest absolute Gasteiger partial charge is 0.330 e. The Balaban J connectivity index is 3.81. The first-order chi connectivity index (χ1) is 8.99. The monoisotopic (exact) mass is 272 g/mol. The van der Waals surface area contributed by atoms with Crippen LogP contribution in [-0.2, 0) is 23.9 Å². The molecule has 0 aromatic rings. The third-order valence-corrected chi connectivity index (χ3v) is 2.38. The highest BCUT2D eigenvalue weighted by Gasteiger charge is 2.13. The first kappa shape index (κ1) is 17.2. The summed E-state index contributed by atoms with van der Waals surface area (Å²) >= 11 is 0. The molecule has 1 N–H and O–H groups in total. The second-order valence-electron chi connectivity index (χ2n) is 3.93. The standard InChI is InChI=1S/C13H20O6/c1-3-10(6-5-9-18-12(16)4-2)19-13(17)8-7-11(14)15/h4,10H,2-3,5-9H2,1H3,(H,14,15). The van der Waals surface area contributed by atoms with Crippen molar-refractivity contribution in [1.29, 1.82) is 0 Å². The fourth-order valence-electron chi connectivity index (χ4n) is 1.34. The number of ether oxygens (including phenoxy) is 2. The van der Waals surface area contributed by atoms with Crippen molar-refractivity contribution < 1.29 is 29.0 Å². The predicted molar refractivity (Wildman–Crippen MR) is 67.4 cm³/mol.